The lowest BCUT2D eigenvalue weighted by molar-refractivity contribution is 1.44. The molecule has 6 aromatic carbocycles. The average Bonchev–Trinajstić information content (AvgIpc) is 2.98. The van der Waals surface area contributed by atoms with E-state index >= 15 is 0 Å². The smallest absolute Gasteiger partial charge is 0.00143 e. The number of aryl methyl sites for hydroxylation is 4. The van der Waals surface area contributed by atoms with Crippen LogP contribution in [0.3, 0.4) is 0 Å². The van der Waals surface area contributed by atoms with E-state index in [1.165, 1.54) is 77.9 Å². The van der Waals surface area contributed by atoms with Gasteiger partial charge in [-0.3, -0.25) is 0 Å². The average molecular weight is 549 g/mol. The topological polar surface area (TPSA) is 70.0 Å². The molecule has 2 nitrogen and oxygen atoms in total. The Morgan fingerprint density at radius 3 is 0.929 bits per heavy atom. The van der Waals surface area contributed by atoms with Gasteiger partial charge in [0.1, 0.15) is 0 Å². The van der Waals surface area contributed by atoms with E-state index in [0.29, 0.717) is 0 Å². The maximum absolute atomic E-state index is 2.42. The first-order valence-corrected chi connectivity index (χ1v) is 14.0. The van der Waals surface area contributed by atoms with Crippen molar-refractivity contribution in [3.8, 4) is 55.6 Å². The van der Waals surface area contributed by atoms with Crippen LogP contribution in [-0.4, -0.2) is 0 Å². The molecule has 0 radical (unpaired) electrons. The molecule has 0 unspecified atom stereocenters. The lowest BCUT2D eigenvalue weighted by Gasteiger charge is -2.25. The molecule has 0 fully saturated rings. The Bertz CT molecular complexity index is 1760. The van der Waals surface area contributed by atoms with Gasteiger partial charge in [-0.2, -0.15) is 0 Å². The van der Waals surface area contributed by atoms with Crippen molar-refractivity contribution in [3.63, 3.8) is 0 Å². The third kappa shape index (κ3) is 5.96. The van der Waals surface area contributed by atoms with Crippen LogP contribution in [0.4, 0.5) is 0 Å². The predicted molar refractivity (Wildman–Crippen MR) is 183 cm³/mol. The molecule has 2 heteroatoms. The third-order valence-electron chi connectivity index (χ3n) is 7.80. The fraction of sp³-hybridized carbons (Fsp3) is 0.100. The van der Waals surface area contributed by atoms with E-state index < -0.39 is 0 Å². The van der Waals surface area contributed by atoms with Crippen LogP contribution >= 0.6 is 0 Å². The summed E-state index contributed by atoms with van der Waals surface area (Å²) in [4.78, 5) is 0. The Morgan fingerprint density at radius 2 is 0.571 bits per heavy atom. The Morgan fingerprint density at radius 1 is 0.286 bits per heavy atom. The van der Waals surface area contributed by atoms with E-state index in [1.807, 2.05) is 0 Å². The van der Waals surface area contributed by atoms with Gasteiger partial charge in [-0.15, -0.1) is 0 Å². The van der Waals surface area contributed by atoms with Crippen molar-refractivity contribution >= 4 is 0 Å². The molecule has 0 spiro atoms. The van der Waals surface area contributed by atoms with Gasteiger partial charge in [0.05, 0.1) is 0 Å². The Balaban J connectivity index is 0.00000202. The monoisotopic (exact) mass is 548 g/mol. The standard InChI is InChI=1S/C40H34.2H3N/c1-27-10-18-32(19-11-27)37-26-36(31-8-6-5-7-9-31)38(33-20-12-28(2)13-21-33)40(35-24-16-30(4)17-25-35)39(37)34-22-14-29(3)15-23-34;;/h5-26H,1-4H3;2*1H3. The first kappa shape index (κ1) is 30.2. The number of hydrogen-bond donors (Lipinski definition) is 2. The van der Waals surface area contributed by atoms with E-state index in [-0.39, 0.29) is 12.3 Å². The van der Waals surface area contributed by atoms with E-state index in [2.05, 4.69) is 161 Å². The largest absolute Gasteiger partial charge is 0.344 e. The lowest BCUT2D eigenvalue weighted by atomic mass is 9.78. The van der Waals surface area contributed by atoms with Crippen molar-refractivity contribution in [1.29, 1.82) is 0 Å². The van der Waals surface area contributed by atoms with Gasteiger partial charge in [0, 0.05) is 0 Å². The quantitative estimate of drug-likeness (QED) is 0.225. The normalized spacial score (nSPS) is 10.5. The van der Waals surface area contributed by atoms with Gasteiger partial charge in [-0.1, -0.05) is 150 Å². The fourth-order valence-corrected chi connectivity index (χ4v) is 5.54. The van der Waals surface area contributed by atoms with E-state index in [9.17, 15) is 0 Å². The number of rotatable bonds is 5. The first-order valence-electron chi connectivity index (χ1n) is 14.0. The van der Waals surface area contributed by atoms with Crippen LogP contribution in [-0.2, 0) is 0 Å². The first-order chi connectivity index (χ1) is 19.5. The molecule has 0 amide bonds. The zero-order valence-corrected chi connectivity index (χ0v) is 25.1. The van der Waals surface area contributed by atoms with Gasteiger partial charge in [0.25, 0.3) is 0 Å². The van der Waals surface area contributed by atoms with Crippen LogP contribution in [0.2, 0.25) is 0 Å². The minimum Gasteiger partial charge on any atom is -0.344 e. The zero-order chi connectivity index (χ0) is 27.6. The van der Waals surface area contributed by atoms with Crippen LogP contribution in [0.15, 0.2) is 133 Å². The highest BCUT2D eigenvalue weighted by Gasteiger charge is 2.23. The van der Waals surface area contributed by atoms with Crippen LogP contribution in [0.1, 0.15) is 22.3 Å². The number of benzene rings is 6. The third-order valence-corrected chi connectivity index (χ3v) is 7.80. The number of hydrogen-bond acceptors (Lipinski definition) is 2. The lowest BCUT2D eigenvalue weighted by Crippen LogP contribution is -1.98. The predicted octanol–water partition coefficient (Wildman–Crippen LogP) is 11.6. The second-order valence-corrected chi connectivity index (χ2v) is 10.9. The molecule has 0 aliphatic carbocycles. The van der Waals surface area contributed by atoms with Crippen molar-refractivity contribution in [2.75, 3.05) is 0 Å². The highest BCUT2D eigenvalue weighted by atomic mass is 14.3. The van der Waals surface area contributed by atoms with Crippen LogP contribution in [0, 0.1) is 27.7 Å². The van der Waals surface area contributed by atoms with Crippen molar-refractivity contribution in [2.45, 2.75) is 27.7 Å². The van der Waals surface area contributed by atoms with E-state index in [0.717, 1.165) is 0 Å². The molecule has 6 aromatic rings. The van der Waals surface area contributed by atoms with Gasteiger partial charge < -0.3 is 12.3 Å². The van der Waals surface area contributed by atoms with Crippen LogP contribution in [0.25, 0.3) is 55.6 Å². The molecular weight excluding hydrogens is 508 g/mol. The summed E-state index contributed by atoms with van der Waals surface area (Å²) in [7, 11) is 0. The van der Waals surface area contributed by atoms with Gasteiger partial charge in [-0.25, -0.2) is 0 Å². The Kier molecular flexibility index (Phi) is 9.22. The molecule has 0 heterocycles. The molecule has 210 valence electrons. The minimum absolute atomic E-state index is 0. The van der Waals surface area contributed by atoms with Crippen molar-refractivity contribution < 1.29 is 0 Å². The van der Waals surface area contributed by atoms with Gasteiger partial charge >= 0.3 is 0 Å². The SMILES string of the molecule is Cc1ccc(-c2cc(-c3ccccc3)c(-c3ccc(C)cc3)c(-c3ccc(C)cc3)c2-c2ccc(C)cc2)cc1.N.N. The minimum atomic E-state index is 0. The molecule has 0 atom stereocenters. The fourth-order valence-electron chi connectivity index (χ4n) is 5.54. The second kappa shape index (κ2) is 12.8. The maximum atomic E-state index is 2.42. The van der Waals surface area contributed by atoms with Crippen LogP contribution < -0.4 is 12.3 Å². The van der Waals surface area contributed by atoms with Gasteiger partial charge in [0.15, 0.2) is 0 Å². The highest BCUT2D eigenvalue weighted by molar-refractivity contribution is 6.07. The molecular formula is C40H40N2. The van der Waals surface area contributed by atoms with Crippen LogP contribution in [0.5, 0.6) is 0 Å². The maximum Gasteiger partial charge on any atom is -0.00143 e. The van der Waals surface area contributed by atoms with Crippen molar-refractivity contribution in [1.82, 2.24) is 12.3 Å². The summed E-state index contributed by atoms with van der Waals surface area (Å²) in [6.45, 7) is 8.62. The van der Waals surface area contributed by atoms with E-state index in [4.69, 9.17) is 0 Å². The molecule has 42 heavy (non-hydrogen) atoms. The highest BCUT2D eigenvalue weighted by Crippen LogP contribution is 2.50. The Hall–Kier alpha value is -4.76. The summed E-state index contributed by atoms with van der Waals surface area (Å²) >= 11 is 0. The molecule has 0 aromatic heterocycles. The molecule has 0 saturated heterocycles. The van der Waals surface area contributed by atoms with Crippen molar-refractivity contribution in [2.24, 2.45) is 0 Å². The molecule has 0 saturated carbocycles. The summed E-state index contributed by atoms with van der Waals surface area (Å²) in [5.41, 5.74) is 17.5. The van der Waals surface area contributed by atoms with E-state index in [1.54, 1.807) is 0 Å². The second-order valence-electron chi connectivity index (χ2n) is 10.9. The molecule has 6 rings (SSSR count). The molecule has 0 aliphatic heterocycles. The molecule has 6 N–H and O–H groups in total. The summed E-state index contributed by atoms with van der Waals surface area (Å²) < 4.78 is 0. The summed E-state index contributed by atoms with van der Waals surface area (Å²) in [5.74, 6) is 0. The van der Waals surface area contributed by atoms with Gasteiger partial charge in [0.2, 0.25) is 0 Å². The molecule has 0 bridgehead atoms. The summed E-state index contributed by atoms with van der Waals surface area (Å²) in [6, 6.07) is 49.3. The molecule has 0 aliphatic rings. The van der Waals surface area contributed by atoms with Gasteiger partial charge in [-0.05, 0) is 89.4 Å². The Labute approximate surface area is 250 Å². The zero-order valence-electron chi connectivity index (χ0n) is 25.1. The van der Waals surface area contributed by atoms with Crippen molar-refractivity contribution in [3.05, 3.63) is 156 Å². The summed E-state index contributed by atoms with van der Waals surface area (Å²) in [6.07, 6.45) is 0. The summed E-state index contributed by atoms with van der Waals surface area (Å²) in [5, 5.41) is 0.